The summed E-state index contributed by atoms with van der Waals surface area (Å²) in [6, 6.07) is 1.84. The zero-order chi connectivity index (χ0) is 12.8. The van der Waals surface area contributed by atoms with Gasteiger partial charge in [0, 0.05) is 19.7 Å². The van der Waals surface area contributed by atoms with Crippen molar-refractivity contribution in [1.29, 1.82) is 0 Å². The monoisotopic (exact) mass is 248 g/mol. The lowest BCUT2D eigenvalue weighted by Crippen LogP contribution is -2.09. The number of hydrogen-bond acceptors (Lipinski definition) is 6. The van der Waals surface area contributed by atoms with E-state index in [0.717, 1.165) is 18.8 Å². The van der Waals surface area contributed by atoms with Crippen LogP contribution in [0.4, 0.5) is 5.82 Å². The number of rotatable bonds is 6. The van der Waals surface area contributed by atoms with Crippen molar-refractivity contribution in [3.05, 3.63) is 24.5 Å². The van der Waals surface area contributed by atoms with Crippen LogP contribution >= 0.6 is 0 Å². The lowest BCUT2D eigenvalue weighted by atomic mass is 10.4. The smallest absolute Gasteiger partial charge is 0.161 e. The third kappa shape index (κ3) is 3.01. The molecule has 0 saturated heterocycles. The van der Waals surface area contributed by atoms with Crippen LogP contribution in [0.5, 0.6) is 0 Å². The van der Waals surface area contributed by atoms with Crippen LogP contribution in [0.2, 0.25) is 0 Å². The topological polar surface area (TPSA) is 77.8 Å². The predicted molar refractivity (Wildman–Crippen MR) is 66.4 cm³/mol. The molecule has 2 aromatic heterocycles. The van der Waals surface area contributed by atoms with Gasteiger partial charge in [0.15, 0.2) is 11.6 Å². The van der Waals surface area contributed by atoms with Crippen LogP contribution < -0.4 is 5.32 Å². The fourth-order valence-corrected chi connectivity index (χ4v) is 1.46. The van der Waals surface area contributed by atoms with Crippen molar-refractivity contribution in [3.8, 4) is 5.82 Å². The molecule has 2 rings (SSSR count). The van der Waals surface area contributed by atoms with Gasteiger partial charge in [-0.2, -0.15) is 5.10 Å². The fraction of sp³-hybridized carbons (Fsp3) is 0.455. The summed E-state index contributed by atoms with van der Waals surface area (Å²) in [5.74, 6) is 2.06. The number of methoxy groups -OCH3 is 1. The normalized spacial score (nSPS) is 10.6. The number of aromatic nitrogens is 5. The van der Waals surface area contributed by atoms with Gasteiger partial charge in [-0.15, -0.1) is 0 Å². The lowest BCUT2D eigenvalue weighted by Gasteiger charge is -2.08. The van der Waals surface area contributed by atoms with Crippen molar-refractivity contribution in [2.45, 2.75) is 20.0 Å². The van der Waals surface area contributed by atoms with Crippen molar-refractivity contribution in [1.82, 2.24) is 24.7 Å². The maximum atomic E-state index is 5.06. The Morgan fingerprint density at radius 2 is 2.28 bits per heavy atom. The van der Waals surface area contributed by atoms with Gasteiger partial charge in [-0.3, -0.25) is 0 Å². The number of nitrogens with one attached hydrogen (secondary N) is 1. The van der Waals surface area contributed by atoms with Gasteiger partial charge in [0.25, 0.3) is 0 Å². The quantitative estimate of drug-likeness (QED) is 0.822. The van der Waals surface area contributed by atoms with E-state index in [2.05, 4.69) is 32.3 Å². The van der Waals surface area contributed by atoms with Crippen LogP contribution in [-0.2, 0) is 11.3 Å². The van der Waals surface area contributed by atoms with Crippen molar-refractivity contribution in [2.24, 2.45) is 0 Å². The van der Waals surface area contributed by atoms with E-state index in [4.69, 9.17) is 4.74 Å². The first kappa shape index (κ1) is 12.4. The second-order valence-corrected chi connectivity index (χ2v) is 3.73. The highest BCUT2D eigenvalue weighted by atomic mass is 16.5. The summed E-state index contributed by atoms with van der Waals surface area (Å²) < 4.78 is 6.66. The average Bonchev–Trinajstić information content (AvgIpc) is 2.90. The molecule has 0 saturated carbocycles. The summed E-state index contributed by atoms with van der Waals surface area (Å²) in [5.41, 5.74) is 0. The van der Waals surface area contributed by atoms with Gasteiger partial charge in [0.2, 0.25) is 0 Å². The van der Waals surface area contributed by atoms with Crippen molar-refractivity contribution in [2.75, 3.05) is 19.0 Å². The number of ether oxygens (including phenoxy) is 1. The molecular weight excluding hydrogens is 232 g/mol. The van der Waals surface area contributed by atoms with Crippen LogP contribution in [-0.4, -0.2) is 38.4 Å². The molecule has 0 radical (unpaired) electrons. The number of anilines is 1. The molecule has 0 aliphatic rings. The summed E-state index contributed by atoms with van der Waals surface area (Å²) >= 11 is 0. The van der Waals surface area contributed by atoms with Crippen molar-refractivity contribution < 1.29 is 4.74 Å². The van der Waals surface area contributed by atoms with Gasteiger partial charge in [0.1, 0.15) is 25.1 Å². The maximum absolute atomic E-state index is 5.06. The summed E-state index contributed by atoms with van der Waals surface area (Å²) in [4.78, 5) is 12.6. The van der Waals surface area contributed by atoms with E-state index in [1.807, 2.05) is 6.07 Å². The average molecular weight is 248 g/mol. The fourth-order valence-electron chi connectivity index (χ4n) is 1.46. The largest absolute Gasteiger partial charge is 0.377 e. The van der Waals surface area contributed by atoms with Crippen LogP contribution in [0.25, 0.3) is 5.82 Å². The van der Waals surface area contributed by atoms with Gasteiger partial charge >= 0.3 is 0 Å². The summed E-state index contributed by atoms with van der Waals surface area (Å²) in [7, 11) is 1.62. The first-order valence-electron chi connectivity index (χ1n) is 5.79. The second-order valence-electron chi connectivity index (χ2n) is 3.73. The van der Waals surface area contributed by atoms with Crippen molar-refractivity contribution in [3.63, 3.8) is 0 Å². The molecule has 2 heterocycles. The molecule has 2 aromatic rings. The predicted octanol–water partition coefficient (Wildman–Crippen LogP) is 1.03. The Labute approximate surface area is 105 Å². The van der Waals surface area contributed by atoms with Gasteiger partial charge in [-0.25, -0.2) is 19.6 Å². The molecule has 0 spiro atoms. The Morgan fingerprint density at radius 1 is 1.39 bits per heavy atom. The Hall–Kier alpha value is -2.02. The van der Waals surface area contributed by atoms with Crippen LogP contribution in [0.1, 0.15) is 19.2 Å². The minimum atomic E-state index is 0.364. The minimum absolute atomic E-state index is 0.364. The first-order valence-corrected chi connectivity index (χ1v) is 5.79. The summed E-state index contributed by atoms with van der Waals surface area (Å²) in [5, 5.41) is 7.28. The molecule has 0 unspecified atom stereocenters. The third-order valence-electron chi connectivity index (χ3n) is 2.24. The zero-order valence-corrected chi connectivity index (χ0v) is 10.5. The van der Waals surface area contributed by atoms with Crippen LogP contribution in [0.3, 0.4) is 0 Å². The Kier molecular flexibility index (Phi) is 4.19. The molecule has 7 heteroatoms. The molecule has 96 valence electrons. The van der Waals surface area contributed by atoms with Gasteiger partial charge in [-0.1, -0.05) is 6.92 Å². The van der Waals surface area contributed by atoms with E-state index in [1.54, 1.807) is 18.1 Å². The highest BCUT2D eigenvalue weighted by molar-refractivity contribution is 5.41. The SMILES string of the molecule is CCCNc1cc(-n2cncn2)nc(COC)n1. The van der Waals surface area contributed by atoms with E-state index < -0.39 is 0 Å². The standard InChI is InChI=1S/C11H16N6O/c1-3-4-13-9-5-11(17-8-12-7-14-17)16-10(15-9)6-18-2/h5,7-8H,3-4,6H2,1-2H3,(H,13,15,16). The van der Waals surface area contributed by atoms with E-state index in [9.17, 15) is 0 Å². The lowest BCUT2D eigenvalue weighted by molar-refractivity contribution is 0.178. The molecule has 7 nitrogen and oxygen atoms in total. The van der Waals surface area contributed by atoms with Crippen molar-refractivity contribution >= 4 is 5.82 Å². The number of hydrogen-bond donors (Lipinski definition) is 1. The Bertz CT molecular complexity index is 484. The minimum Gasteiger partial charge on any atom is -0.377 e. The van der Waals surface area contributed by atoms with Gasteiger partial charge in [0.05, 0.1) is 0 Å². The molecule has 0 aromatic carbocycles. The first-order chi connectivity index (χ1) is 8.83. The Balaban J connectivity index is 2.30. The zero-order valence-electron chi connectivity index (χ0n) is 10.5. The molecule has 0 aliphatic heterocycles. The molecule has 1 N–H and O–H groups in total. The summed E-state index contributed by atoms with van der Waals surface area (Å²) in [6.07, 6.45) is 4.10. The molecular formula is C11H16N6O. The second kappa shape index (κ2) is 6.06. The third-order valence-corrected chi connectivity index (χ3v) is 2.24. The molecule has 0 atom stereocenters. The highest BCUT2D eigenvalue weighted by Crippen LogP contribution is 2.10. The molecule has 0 amide bonds. The van der Waals surface area contributed by atoms with Crippen LogP contribution in [0, 0.1) is 0 Å². The molecule has 0 aliphatic carbocycles. The highest BCUT2D eigenvalue weighted by Gasteiger charge is 2.06. The van der Waals surface area contributed by atoms with Gasteiger partial charge < -0.3 is 10.1 Å². The Morgan fingerprint density at radius 3 is 2.94 bits per heavy atom. The van der Waals surface area contributed by atoms with Crippen LogP contribution in [0.15, 0.2) is 18.7 Å². The van der Waals surface area contributed by atoms with E-state index in [1.165, 1.54) is 6.33 Å². The molecule has 18 heavy (non-hydrogen) atoms. The summed E-state index contributed by atoms with van der Waals surface area (Å²) in [6.45, 7) is 3.33. The van der Waals surface area contributed by atoms with E-state index in [-0.39, 0.29) is 0 Å². The van der Waals surface area contributed by atoms with Gasteiger partial charge in [-0.05, 0) is 6.42 Å². The molecule has 0 fully saturated rings. The van der Waals surface area contributed by atoms with E-state index >= 15 is 0 Å². The van der Waals surface area contributed by atoms with E-state index in [0.29, 0.717) is 18.2 Å². The number of nitrogens with zero attached hydrogens (tertiary/aromatic N) is 5. The maximum Gasteiger partial charge on any atom is 0.161 e. The molecule has 0 bridgehead atoms.